The zero-order valence-corrected chi connectivity index (χ0v) is 8.95. The van der Waals surface area contributed by atoms with Crippen molar-refractivity contribution in [1.82, 2.24) is 4.98 Å². The Morgan fingerprint density at radius 3 is 2.59 bits per heavy atom. The van der Waals surface area contributed by atoms with Gasteiger partial charge in [-0.25, -0.2) is 0 Å². The van der Waals surface area contributed by atoms with Crippen LogP contribution in [0.25, 0.3) is 0 Å². The molecule has 86 valence electrons. The lowest BCUT2D eigenvalue weighted by Crippen LogP contribution is -1.96. The first-order valence-corrected chi connectivity index (χ1v) is 5.02. The lowest BCUT2D eigenvalue weighted by Gasteiger charge is -2.05. The van der Waals surface area contributed by atoms with Gasteiger partial charge in [0.05, 0.1) is 4.92 Å². The van der Waals surface area contributed by atoms with Crippen LogP contribution in [0.4, 0.5) is 5.69 Å². The number of nitrogens with zero attached hydrogens (tertiary/aromatic N) is 2. The van der Waals surface area contributed by atoms with Crippen LogP contribution < -0.4 is 4.74 Å². The highest BCUT2D eigenvalue weighted by Gasteiger charge is 2.04. The molecule has 0 atom stereocenters. The molecule has 1 aromatic heterocycles. The smallest absolute Gasteiger partial charge is 0.269 e. The number of nitro groups is 1. The first-order valence-electron chi connectivity index (χ1n) is 5.02. The van der Waals surface area contributed by atoms with Gasteiger partial charge in [-0.05, 0) is 18.2 Å². The van der Waals surface area contributed by atoms with Crippen molar-refractivity contribution in [2.24, 2.45) is 0 Å². The van der Waals surface area contributed by atoms with Gasteiger partial charge in [-0.2, -0.15) is 0 Å². The molecule has 0 amide bonds. The van der Waals surface area contributed by atoms with E-state index in [9.17, 15) is 10.1 Å². The molecule has 0 saturated heterocycles. The molecule has 0 fully saturated rings. The minimum absolute atomic E-state index is 0.0544. The standard InChI is InChI=1S/C12H10N2O3/c15-14(16)11-3-5-12(6-4-11)17-9-10-2-1-7-13-8-10/h1-8H,9H2. The number of rotatable bonds is 4. The molecule has 0 aliphatic heterocycles. The van der Waals surface area contributed by atoms with E-state index in [1.165, 1.54) is 12.1 Å². The fourth-order valence-corrected chi connectivity index (χ4v) is 1.31. The SMILES string of the molecule is O=[N+]([O-])c1ccc(OCc2cccnc2)cc1. The van der Waals surface area contributed by atoms with E-state index in [-0.39, 0.29) is 5.69 Å². The third-order valence-electron chi connectivity index (χ3n) is 2.18. The monoisotopic (exact) mass is 230 g/mol. The highest BCUT2D eigenvalue weighted by atomic mass is 16.6. The summed E-state index contributed by atoms with van der Waals surface area (Å²) in [4.78, 5) is 14.0. The van der Waals surface area contributed by atoms with Gasteiger partial charge in [0.2, 0.25) is 0 Å². The molecule has 0 radical (unpaired) electrons. The number of pyridine rings is 1. The summed E-state index contributed by atoms with van der Waals surface area (Å²) in [5.41, 5.74) is 1.00. The second-order valence-corrected chi connectivity index (χ2v) is 3.40. The first kappa shape index (κ1) is 11.1. The minimum Gasteiger partial charge on any atom is -0.489 e. The molecule has 1 heterocycles. The second kappa shape index (κ2) is 5.07. The van der Waals surface area contributed by atoms with E-state index < -0.39 is 4.92 Å². The normalized spacial score (nSPS) is 9.88. The summed E-state index contributed by atoms with van der Waals surface area (Å²) in [5.74, 6) is 0.597. The Kier molecular flexibility index (Phi) is 3.30. The molecule has 1 aromatic carbocycles. The zero-order valence-electron chi connectivity index (χ0n) is 8.95. The minimum atomic E-state index is -0.440. The van der Waals surface area contributed by atoms with Crippen molar-refractivity contribution in [2.75, 3.05) is 0 Å². The molecule has 0 unspecified atom stereocenters. The predicted octanol–water partition coefficient (Wildman–Crippen LogP) is 2.57. The second-order valence-electron chi connectivity index (χ2n) is 3.40. The zero-order chi connectivity index (χ0) is 12.1. The molecule has 2 rings (SSSR count). The van der Waals surface area contributed by atoms with Crippen LogP contribution in [-0.2, 0) is 6.61 Å². The number of aromatic nitrogens is 1. The van der Waals surface area contributed by atoms with Gasteiger partial charge >= 0.3 is 0 Å². The fourth-order valence-electron chi connectivity index (χ4n) is 1.31. The van der Waals surface area contributed by atoms with Crippen LogP contribution in [0.1, 0.15) is 5.56 Å². The molecule has 0 N–H and O–H groups in total. The van der Waals surface area contributed by atoms with E-state index in [4.69, 9.17) is 4.74 Å². The largest absolute Gasteiger partial charge is 0.489 e. The molecule has 5 nitrogen and oxygen atoms in total. The van der Waals surface area contributed by atoms with Crippen LogP contribution in [0, 0.1) is 10.1 Å². The van der Waals surface area contributed by atoms with Gasteiger partial charge in [0.15, 0.2) is 0 Å². The summed E-state index contributed by atoms with van der Waals surface area (Å²) in [5, 5.41) is 10.4. The molecule has 0 aliphatic carbocycles. The molecule has 17 heavy (non-hydrogen) atoms. The molecule has 0 saturated carbocycles. The number of hydrogen-bond donors (Lipinski definition) is 0. The maximum atomic E-state index is 10.4. The summed E-state index contributed by atoms with van der Waals surface area (Å²) < 4.78 is 5.46. The molecular formula is C12H10N2O3. The topological polar surface area (TPSA) is 65.3 Å². The van der Waals surface area contributed by atoms with E-state index in [0.29, 0.717) is 12.4 Å². The van der Waals surface area contributed by atoms with Crippen molar-refractivity contribution in [2.45, 2.75) is 6.61 Å². The molecule has 0 bridgehead atoms. The predicted molar refractivity (Wildman–Crippen MR) is 61.7 cm³/mol. The maximum Gasteiger partial charge on any atom is 0.269 e. The summed E-state index contributed by atoms with van der Waals surface area (Å²) in [6, 6.07) is 9.72. The van der Waals surface area contributed by atoms with Crippen molar-refractivity contribution in [3.8, 4) is 5.75 Å². The summed E-state index contributed by atoms with van der Waals surface area (Å²) >= 11 is 0. The highest BCUT2D eigenvalue weighted by molar-refractivity contribution is 5.36. The van der Waals surface area contributed by atoms with Gasteiger partial charge in [-0.15, -0.1) is 0 Å². The highest BCUT2D eigenvalue weighted by Crippen LogP contribution is 2.18. The Bertz CT molecular complexity index is 497. The van der Waals surface area contributed by atoms with Crippen molar-refractivity contribution in [3.05, 3.63) is 64.5 Å². The van der Waals surface area contributed by atoms with Crippen molar-refractivity contribution >= 4 is 5.69 Å². The van der Waals surface area contributed by atoms with Crippen LogP contribution in [0.3, 0.4) is 0 Å². The number of nitro benzene ring substituents is 1. The Morgan fingerprint density at radius 1 is 1.24 bits per heavy atom. The van der Waals surface area contributed by atoms with E-state index in [2.05, 4.69) is 4.98 Å². The van der Waals surface area contributed by atoms with Crippen LogP contribution in [0.2, 0.25) is 0 Å². The van der Waals surface area contributed by atoms with Crippen LogP contribution in [0.5, 0.6) is 5.75 Å². The first-order chi connectivity index (χ1) is 8.25. The summed E-state index contributed by atoms with van der Waals surface area (Å²) in [7, 11) is 0. The Morgan fingerprint density at radius 2 is 2.00 bits per heavy atom. The van der Waals surface area contributed by atoms with Crippen molar-refractivity contribution in [3.63, 3.8) is 0 Å². The van der Waals surface area contributed by atoms with E-state index >= 15 is 0 Å². The Balaban J connectivity index is 1.98. The van der Waals surface area contributed by atoms with Gasteiger partial charge in [0.1, 0.15) is 12.4 Å². The summed E-state index contributed by atoms with van der Waals surface area (Å²) in [6.45, 7) is 0.394. The Hall–Kier alpha value is -2.43. The van der Waals surface area contributed by atoms with Gasteiger partial charge in [0, 0.05) is 30.1 Å². The molecule has 5 heteroatoms. The fraction of sp³-hybridized carbons (Fsp3) is 0.0833. The van der Waals surface area contributed by atoms with Gasteiger partial charge < -0.3 is 4.74 Å². The number of benzene rings is 1. The van der Waals surface area contributed by atoms with E-state index in [1.807, 2.05) is 12.1 Å². The average molecular weight is 230 g/mol. The molecular weight excluding hydrogens is 220 g/mol. The van der Waals surface area contributed by atoms with Crippen molar-refractivity contribution < 1.29 is 9.66 Å². The quantitative estimate of drug-likeness (QED) is 0.598. The van der Waals surface area contributed by atoms with Crippen LogP contribution in [0.15, 0.2) is 48.8 Å². The maximum absolute atomic E-state index is 10.4. The van der Waals surface area contributed by atoms with Gasteiger partial charge in [0.25, 0.3) is 5.69 Å². The number of ether oxygens (including phenoxy) is 1. The van der Waals surface area contributed by atoms with E-state index in [1.54, 1.807) is 24.5 Å². The van der Waals surface area contributed by atoms with E-state index in [0.717, 1.165) is 5.56 Å². The summed E-state index contributed by atoms with van der Waals surface area (Å²) in [6.07, 6.45) is 3.40. The lowest BCUT2D eigenvalue weighted by atomic mass is 10.3. The molecule has 0 spiro atoms. The van der Waals surface area contributed by atoms with Gasteiger partial charge in [-0.1, -0.05) is 6.07 Å². The average Bonchev–Trinajstić information content (AvgIpc) is 2.38. The third-order valence-corrected chi connectivity index (χ3v) is 2.18. The van der Waals surface area contributed by atoms with Gasteiger partial charge in [-0.3, -0.25) is 15.1 Å². The Labute approximate surface area is 97.8 Å². The molecule has 2 aromatic rings. The lowest BCUT2D eigenvalue weighted by molar-refractivity contribution is -0.384. The third kappa shape index (κ3) is 3.01. The number of hydrogen-bond acceptors (Lipinski definition) is 4. The van der Waals surface area contributed by atoms with Crippen molar-refractivity contribution in [1.29, 1.82) is 0 Å². The van der Waals surface area contributed by atoms with Crippen LogP contribution >= 0.6 is 0 Å². The van der Waals surface area contributed by atoms with Crippen LogP contribution in [-0.4, -0.2) is 9.91 Å². The molecule has 0 aliphatic rings. The number of non-ortho nitro benzene ring substituents is 1.